The van der Waals surface area contributed by atoms with Crippen LogP contribution >= 0.6 is 0 Å². The van der Waals surface area contributed by atoms with E-state index >= 15 is 0 Å². The predicted molar refractivity (Wildman–Crippen MR) is 69.0 cm³/mol. The zero-order chi connectivity index (χ0) is 12.8. The Morgan fingerprint density at radius 1 is 1.11 bits per heavy atom. The minimum atomic E-state index is -0.215. The first kappa shape index (κ1) is 13.5. The second-order valence-electron chi connectivity index (χ2n) is 4.82. The lowest BCUT2D eigenvalue weighted by Crippen LogP contribution is -2.31. The summed E-state index contributed by atoms with van der Waals surface area (Å²) in [5.41, 5.74) is 0.989. The summed E-state index contributed by atoms with van der Waals surface area (Å²) in [6.07, 6.45) is 4.93. The summed E-state index contributed by atoms with van der Waals surface area (Å²) >= 11 is 0. The number of ether oxygens (including phenoxy) is 2. The highest BCUT2D eigenvalue weighted by molar-refractivity contribution is 5.19. The molecule has 2 rings (SSSR count). The van der Waals surface area contributed by atoms with Gasteiger partial charge in [-0.2, -0.15) is 0 Å². The summed E-state index contributed by atoms with van der Waals surface area (Å²) in [5.74, 6) is -0.215. The number of hydrogen-bond donors (Lipinski definition) is 0. The van der Waals surface area contributed by atoms with Crippen LogP contribution in [0.2, 0.25) is 0 Å². The first-order chi connectivity index (χ1) is 8.79. The van der Waals surface area contributed by atoms with Gasteiger partial charge in [0.25, 0.3) is 0 Å². The van der Waals surface area contributed by atoms with Gasteiger partial charge in [-0.25, -0.2) is 4.39 Å². The molecule has 1 aromatic carbocycles. The fraction of sp³-hybridized carbons (Fsp3) is 0.600. The van der Waals surface area contributed by atoms with Crippen molar-refractivity contribution in [3.63, 3.8) is 0 Å². The van der Waals surface area contributed by atoms with Crippen molar-refractivity contribution in [1.82, 2.24) is 0 Å². The van der Waals surface area contributed by atoms with Crippen molar-refractivity contribution in [2.45, 2.75) is 44.8 Å². The molecule has 0 amide bonds. The maximum absolute atomic E-state index is 12.8. The van der Waals surface area contributed by atoms with Crippen LogP contribution in [-0.2, 0) is 9.47 Å². The highest BCUT2D eigenvalue weighted by atomic mass is 19.1. The van der Waals surface area contributed by atoms with E-state index in [2.05, 4.69) is 6.92 Å². The molecule has 2 nitrogen and oxygen atoms in total. The highest BCUT2D eigenvalue weighted by Crippen LogP contribution is 2.24. The zero-order valence-corrected chi connectivity index (χ0v) is 10.9. The third kappa shape index (κ3) is 3.79. The Hall–Kier alpha value is -0.930. The van der Waals surface area contributed by atoms with Gasteiger partial charge in [-0.1, -0.05) is 38.3 Å². The van der Waals surface area contributed by atoms with Gasteiger partial charge in [0.1, 0.15) is 11.9 Å². The summed E-state index contributed by atoms with van der Waals surface area (Å²) < 4.78 is 24.4. The van der Waals surface area contributed by atoms with Crippen molar-refractivity contribution in [2.75, 3.05) is 13.2 Å². The first-order valence-corrected chi connectivity index (χ1v) is 6.78. The van der Waals surface area contributed by atoms with Crippen molar-refractivity contribution in [3.8, 4) is 0 Å². The van der Waals surface area contributed by atoms with E-state index in [-0.39, 0.29) is 18.0 Å². The van der Waals surface area contributed by atoms with Gasteiger partial charge in [0, 0.05) is 0 Å². The van der Waals surface area contributed by atoms with Crippen molar-refractivity contribution >= 4 is 0 Å². The maximum atomic E-state index is 12.8. The largest absolute Gasteiger partial charge is 0.373 e. The molecule has 1 heterocycles. The second-order valence-corrected chi connectivity index (χ2v) is 4.82. The van der Waals surface area contributed by atoms with Gasteiger partial charge in [-0.15, -0.1) is 0 Å². The third-order valence-corrected chi connectivity index (χ3v) is 3.34. The van der Waals surface area contributed by atoms with E-state index in [0.29, 0.717) is 13.2 Å². The Kier molecular flexibility index (Phi) is 5.14. The van der Waals surface area contributed by atoms with Crippen LogP contribution in [-0.4, -0.2) is 19.3 Å². The Morgan fingerprint density at radius 2 is 1.89 bits per heavy atom. The Labute approximate surface area is 108 Å². The quantitative estimate of drug-likeness (QED) is 0.741. The number of halogens is 1. The van der Waals surface area contributed by atoms with Crippen LogP contribution in [0.4, 0.5) is 4.39 Å². The topological polar surface area (TPSA) is 18.5 Å². The Morgan fingerprint density at radius 3 is 2.50 bits per heavy atom. The molecule has 100 valence electrons. The molecule has 1 fully saturated rings. The van der Waals surface area contributed by atoms with E-state index < -0.39 is 0 Å². The maximum Gasteiger partial charge on any atom is 0.123 e. The number of benzene rings is 1. The molecule has 0 unspecified atom stereocenters. The van der Waals surface area contributed by atoms with Crippen molar-refractivity contribution in [2.24, 2.45) is 0 Å². The molecule has 0 radical (unpaired) electrons. The molecule has 1 saturated heterocycles. The summed E-state index contributed by atoms with van der Waals surface area (Å²) in [5, 5.41) is 0. The molecule has 0 aliphatic carbocycles. The summed E-state index contributed by atoms with van der Waals surface area (Å²) in [6, 6.07) is 6.46. The minimum absolute atomic E-state index is 0.0481. The lowest BCUT2D eigenvalue weighted by atomic mass is 10.1. The number of unbranched alkanes of at least 4 members (excludes halogenated alkanes) is 2. The molecule has 0 saturated carbocycles. The van der Waals surface area contributed by atoms with Crippen molar-refractivity contribution < 1.29 is 13.9 Å². The standard InChI is InChI=1S/C15H21FO2/c1-2-3-4-5-14-10-18-15(11-17-14)12-6-8-13(16)9-7-12/h6-9,14-15H,2-5,10-11H2,1H3/t14-,15-/m1/s1. The van der Waals surface area contributed by atoms with Gasteiger partial charge < -0.3 is 9.47 Å². The van der Waals surface area contributed by atoms with E-state index in [1.807, 2.05) is 0 Å². The van der Waals surface area contributed by atoms with E-state index in [1.54, 1.807) is 12.1 Å². The summed E-state index contributed by atoms with van der Waals surface area (Å²) in [6.45, 7) is 3.41. The van der Waals surface area contributed by atoms with Gasteiger partial charge in [0.15, 0.2) is 0 Å². The molecular formula is C15H21FO2. The van der Waals surface area contributed by atoms with Gasteiger partial charge in [0.2, 0.25) is 0 Å². The van der Waals surface area contributed by atoms with E-state index in [9.17, 15) is 4.39 Å². The molecule has 0 bridgehead atoms. The lowest BCUT2D eigenvalue weighted by Gasteiger charge is -2.29. The molecule has 0 N–H and O–H groups in total. The Balaban J connectivity index is 1.77. The molecule has 1 aromatic rings. The van der Waals surface area contributed by atoms with Gasteiger partial charge in [-0.3, -0.25) is 0 Å². The molecule has 18 heavy (non-hydrogen) atoms. The molecule has 1 aliphatic heterocycles. The minimum Gasteiger partial charge on any atom is -0.373 e. The van der Waals surface area contributed by atoms with Gasteiger partial charge >= 0.3 is 0 Å². The molecule has 2 atom stereocenters. The van der Waals surface area contributed by atoms with E-state index in [1.165, 1.54) is 31.4 Å². The molecule has 3 heteroatoms. The van der Waals surface area contributed by atoms with Crippen LogP contribution in [0, 0.1) is 5.82 Å². The molecule has 1 aliphatic rings. The average Bonchev–Trinajstić information content (AvgIpc) is 2.41. The van der Waals surface area contributed by atoms with Crippen LogP contribution in [0.5, 0.6) is 0 Å². The fourth-order valence-corrected chi connectivity index (χ4v) is 2.20. The SMILES string of the molecule is CCCCC[C@@H]1CO[C@@H](c2ccc(F)cc2)CO1. The van der Waals surface area contributed by atoms with E-state index in [4.69, 9.17) is 9.47 Å². The monoisotopic (exact) mass is 252 g/mol. The smallest absolute Gasteiger partial charge is 0.123 e. The number of rotatable bonds is 5. The van der Waals surface area contributed by atoms with Crippen molar-refractivity contribution in [1.29, 1.82) is 0 Å². The average molecular weight is 252 g/mol. The highest BCUT2D eigenvalue weighted by Gasteiger charge is 2.23. The Bertz CT molecular complexity index is 342. The first-order valence-electron chi connectivity index (χ1n) is 6.78. The molecule has 0 aromatic heterocycles. The third-order valence-electron chi connectivity index (χ3n) is 3.34. The molecule has 0 spiro atoms. The lowest BCUT2D eigenvalue weighted by molar-refractivity contribution is -0.137. The van der Waals surface area contributed by atoms with Crippen LogP contribution < -0.4 is 0 Å². The van der Waals surface area contributed by atoms with Crippen LogP contribution in [0.3, 0.4) is 0 Å². The van der Waals surface area contributed by atoms with Gasteiger partial charge in [-0.05, 0) is 24.1 Å². The zero-order valence-electron chi connectivity index (χ0n) is 10.9. The predicted octanol–water partition coefficient (Wildman–Crippen LogP) is 3.86. The number of hydrogen-bond acceptors (Lipinski definition) is 2. The van der Waals surface area contributed by atoms with Crippen LogP contribution in [0.15, 0.2) is 24.3 Å². The van der Waals surface area contributed by atoms with Crippen LogP contribution in [0.1, 0.15) is 44.3 Å². The summed E-state index contributed by atoms with van der Waals surface area (Å²) in [4.78, 5) is 0. The summed E-state index contributed by atoms with van der Waals surface area (Å²) in [7, 11) is 0. The van der Waals surface area contributed by atoms with Crippen LogP contribution in [0.25, 0.3) is 0 Å². The van der Waals surface area contributed by atoms with Crippen molar-refractivity contribution in [3.05, 3.63) is 35.6 Å². The van der Waals surface area contributed by atoms with E-state index in [0.717, 1.165) is 12.0 Å². The molecular weight excluding hydrogens is 231 g/mol. The normalized spacial score (nSPS) is 24.1. The fourth-order valence-electron chi connectivity index (χ4n) is 2.20. The second kappa shape index (κ2) is 6.86. The van der Waals surface area contributed by atoms with Gasteiger partial charge in [0.05, 0.1) is 19.3 Å².